The van der Waals surface area contributed by atoms with E-state index in [4.69, 9.17) is 0 Å². The molecule has 0 radical (unpaired) electrons. The fraction of sp³-hybridized carbons (Fsp3) is 0.227. The lowest BCUT2D eigenvalue weighted by molar-refractivity contribution is 0.102. The van der Waals surface area contributed by atoms with Crippen LogP contribution in [0.5, 0.6) is 0 Å². The molecule has 0 bridgehead atoms. The third-order valence-electron chi connectivity index (χ3n) is 5.26. The molecule has 3 heterocycles. The molecule has 0 aliphatic rings. The lowest BCUT2D eigenvalue weighted by atomic mass is 10.1. The summed E-state index contributed by atoms with van der Waals surface area (Å²) in [6.07, 6.45) is 2.58. The van der Waals surface area contributed by atoms with E-state index in [-0.39, 0.29) is 16.7 Å². The van der Waals surface area contributed by atoms with Crippen LogP contribution in [0.15, 0.2) is 58.3 Å². The number of aryl methyl sites for hydroxylation is 2. The fourth-order valence-electron chi connectivity index (χ4n) is 3.38. The Balaban J connectivity index is 1.60. The van der Waals surface area contributed by atoms with Crippen LogP contribution in [0.2, 0.25) is 0 Å². The van der Waals surface area contributed by atoms with E-state index >= 15 is 0 Å². The van der Waals surface area contributed by atoms with Gasteiger partial charge in [0, 0.05) is 20.2 Å². The standard InChI is InChI=1S/C22H22N6O3/c1-4-14-5-7-15(8-6-14)13-28-18(11-12-23-28)25-20(29)17-10-9-16-19(24-17)26(2)22(31)27(3)21(16)30/h5-12H,4,13H2,1-3H3,(H,25,29). The van der Waals surface area contributed by atoms with Crippen molar-refractivity contribution in [2.75, 3.05) is 5.32 Å². The van der Waals surface area contributed by atoms with E-state index in [0.717, 1.165) is 16.6 Å². The molecule has 3 aromatic heterocycles. The number of pyridine rings is 1. The average Bonchev–Trinajstić information content (AvgIpc) is 3.22. The normalized spacial score (nSPS) is 11.1. The third-order valence-corrected chi connectivity index (χ3v) is 5.26. The molecule has 1 amide bonds. The predicted octanol–water partition coefficient (Wildman–Crippen LogP) is 1.69. The lowest BCUT2D eigenvalue weighted by Gasteiger charge is -2.11. The summed E-state index contributed by atoms with van der Waals surface area (Å²) in [5.74, 6) is 0.0578. The SMILES string of the molecule is CCc1ccc(Cn2nccc2NC(=O)c2ccc3c(=O)n(C)c(=O)n(C)c3n2)cc1. The molecule has 0 atom stereocenters. The molecule has 0 spiro atoms. The van der Waals surface area contributed by atoms with Crippen LogP contribution in [0.25, 0.3) is 11.0 Å². The van der Waals surface area contributed by atoms with Crippen LogP contribution in [-0.4, -0.2) is 29.8 Å². The Hall–Kier alpha value is -4.01. The topological polar surface area (TPSA) is 104 Å². The van der Waals surface area contributed by atoms with E-state index in [1.807, 2.05) is 12.1 Å². The van der Waals surface area contributed by atoms with Crippen LogP contribution in [0.1, 0.15) is 28.5 Å². The molecule has 0 aliphatic heterocycles. The summed E-state index contributed by atoms with van der Waals surface area (Å²) in [6, 6.07) is 12.9. The molecule has 4 aromatic rings. The molecule has 9 heteroatoms. The zero-order valence-electron chi connectivity index (χ0n) is 17.5. The maximum atomic E-state index is 12.8. The molecule has 31 heavy (non-hydrogen) atoms. The van der Waals surface area contributed by atoms with E-state index in [0.29, 0.717) is 12.4 Å². The second kappa shape index (κ2) is 8.02. The highest BCUT2D eigenvalue weighted by atomic mass is 16.2. The van der Waals surface area contributed by atoms with Crippen LogP contribution < -0.4 is 16.6 Å². The van der Waals surface area contributed by atoms with E-state index in [1.165, 1.54) is 36.4 Å². The molecule has 0 unspecified atom stereocenters. The number of fused-ring (bicyclic) bond motifs is 1. The first-order chi connectivity index (χ1) is 14.9. The van der Waals surface area contributed by atoms with Crippen LogP contribution in [0.3, 0.4) is 0 Å². The Morgan fingerprint density at radius 2 is 1.68 bits per heavy atom. The number of rotatable bonds is 5. The highest BCUT2D eigenvalue weighted by Crippen LogP contribution is 2.14. The van der Waals surface area contributed by atoms with Gasteiger partial charge in [-0.3, -0.25) is 18.7 Å². The Morgan fingerprint density at radius 1 is 0.968 bits per heavy atom. The number of amides is 1. The minimum Gasteiger partial charge on any atom is -0.305 e. The predicted molar refractivity (Wildman–Crippen MR) is 117 cm³/mol. The van der Waals surface area contributed by atoms with Crippen LogP contribution >= 0.6 is 0 Å². The van der Waals surface area contributed by atoms with Crippen molar-refractivity contribution in [3.63, 3.8) is 0 Å². The van der Waals surface area contributed by atoms with Gasteiger partial charge in [0.1, 0.15) is 17.2 Å². The first-order valence-corrected chi connectivity index (χ1v) is 9.86. The second-order valence-electron chi connectivity index (χ2n) is 7.27. The van der Waals surface area contributed by atoms with Crippen molar-refractivity contribution >= 4 is 22.8 Å². The molecule has 1 N–H and O–H groups in total. The van der Waals surface area contributed by atoms with Crippen molar-refractivity contribution in [1.29, 1.82) is 0 Å². The summed E-state index contributed by atoms with van der Waals surface area (Å²) < 4.78 is 3.94. The summed E-state index contributed by atoms with van der Waals surface area (Å²) in [4.78, 5) is 41.5. The average molecular weight is 418 g/mol. The van der Waals surface area contributed by atoms with E-state index in [1.54, 1.807) is 16.9 Å². The fourth-order valence-corrected chi connectivity index (χ4v) is 3.38. The molecular formula is C22H22N6O3. The van der Waals surface area contributed by atoms with Gasteiger partial charge in [0.15, 0.2) is 0 Å². The smallest absolute Gasteiger partial charge is 0.305 e. The van der Waals surface area contributed by atoms with Gasteiger partial charge in [-0.1, -0.05) is 31.2 Å². The minimum absolute atomic E-state index is 0.0933. The van der Waals surface area contributed by atoms with Gasteiger partial charge in [-0.15, -0.1) is 0 Å². The van der Waals surface area contributed by atoms with Crippen molar-refractivity contribution in [1.82, 2.24) is 23.9 Å². The first-order valence-electron chi connectivity index (χ1n) is 9.86. The van der Waals surface area contributed by atoms with Gasteiger partial charge >= 0.3 is 5.69 Å². The summed E-state index contributed by atoms with van der Waals surface area (Å²) in [7, 11) is 2.92. The van der Waals surface area contributed by atoms with Gasteiger partial charge in [-0.25, -0.2) is 14.5 Å². The van der Waals surface area contributed by atoms with Crippen molar-refractivity contribution in [2.24, 2.45) is 14.1 Å². The Morgan fingerprint density at radius 3 is 2.39 bits per heavy atom. The Kier molecular flexibility index (Phi) is 5.24. The molecule has 4 rings (SSSR count). The van der Waals surface area contributed by atoms with E-state index in [9.17, 15) is 14.4 Å². The number of carbonyl (C=O) groups excluding carboxylic acids is 1. The van der Waals surface area contributed by atoms with Gasteiger partial charge in [0.25, 0.3) is 11.5 Å². The molecule has 0 aliphatic carbocycles. The van der Waals surface area contributed by atoms with Crippen molar-refractivity contribution in [3.05, 3.63) is 86.3 Å². The summed E-state index contributed by atoms with van der Waals surface area (Å²) in [6.45, 7) is 2.61. The van der Waals surface area contributed by atoms with Crippen LogP contribution in [0.4, 0.5) is 5.82 Å². The highest BCUT2D eigenvalue weighted by Gasteiger charge is 2.15. The zero-order chi connectivity index (χ0) is 22.1. The van der Waals surface area contributed by atoms with Crippen LogP contribution in [0, 0.1) is 0 Å². The number of hydrogen-bond acceptors (Lipinski definition) is 5. The number of nitrogens with one attached hydrogen (secondary N) is 1. The number of carbonyl (C=O) groups is 1. The number of aromatic nitrogens is 5. The van der Waals surface area contributed by atoms with Gasteiger partial charge in [-0.05, 0) is 29.7 Å². The van der Waals surface area contributed by atoms with Crippen molar-refractivity contribution < 1.29 is 4.79 Å². The first kappa shape index (κ1) is 20.3. The van der Waals surface area contributed by atoms with Gasteiger partial charge < -0.3 is 5.32 Å². The minimum atomic E-state index is -0.505. The quantitative estimate of drug-likeness (QED) is 0.531. The Bertz CT molecular complexity index is 1400. The van der Waals surface area contributed by atoms with E-state index < -0.39 is 17.2 Å². The zero-order valence-corrected chi connectivity index (χ0v) is 17.5. The highest BCUT2D eigenvalue weighted by molar-refractivity contribution is 6.03. The van der Waals surface area contributed by atoms with Crippen molar-refractivity contribution in [2.45, 2.75) is 19.9 Å². The molecule has 1 aromatic carbocycles. The van der Waals surface area contributed by atoms with E-state index in [2.05, 4.69) is 34.5 Å². The summed E-state index contributed by atoms with van der Waals surface area (Å²) in [5, 5.41) is 7.36. The van der Waals surface area contributed by atoms with Gasteiger partial charge in [0.2, 0.25) is 0 Å². The third kappa shape index (κ3) is 3.77. The lowest BCUT2D eigenvalue weighted by Crippen LogP contribution is -2.37. The maximum Gasteiger partial charge on any atom is 0.332 e. The molecule has 0 saturated heterocycles. The number of benzene rings is 1. The van der Waals surface area contributed by atoms with Crippen LogP contribution in [-0.2, 0) is 27.1 Å². The monoisotopic (exact) mass is 418 g/mol. The molecule has 9 nitrogen and oxygen atoms in total. The number of anilines is 1. The summed E-state index contributed by atoms with van der Waals surface area (Å²) >= 11 is 0. The van der Waals surface area contributed by atoms with Gasteiger partial charge in [-0.2, -0.15) is 5.10 Å². The molecular weight excluding hydrogens is 396 g/mol. The largest absolute Gasteiger partial charge is 0.332 e. The molecule has 158 valence electrons. The molecule has 0 fully saturated rings. The summed E-state index contributed by atoms with van der Waals surface area (Å²) in [5.41, 5.74) is 1.61. The van der Waals surface area contributed by atoms with Crippen molar-refractivity contribution in [3.8, 4) is 0 Å². The Labute approximate surface area is 177 Å². The maximum absolute atomic E-state index is 12.8. The van der Waals surface area contributed by atoms with Gasteiger partial charge in [0.05, 0.1) is 18.1 Å². The number of nitrogens with zero attached hydrogens (tertiary/aromatic N) is 5. The molecule has 0 saturated carbocycles. The number of hydrogen-bond donors (Lipinski definition) is 1. The second-order valence-corrected chi connectivity index (χ2v) is 7.27.